The number of ether oxygens (including phenoxy) is 1. The molecule has 20 heavy (non-hydrogen) atoms. The zero-order valence-corrected chi connectivity index (χ0v) is 12.6. The second kappa shape index (κ2) is 5.91. The number of benzene rings is 1. The minimum atomic E-state index is -0.934. The van der Waals surface area contributed by atoms with Crippen molar-refractivity contribution in [2.24, 2.45) is 0 Å². The molecule has 1 heterocycles. The van der Waals surface area contributed by atoms with Crippen LogP contribution in [0.2, 0.25) is 0 Å². The van der Waals surface area contributed by atoms with E-state index in [4.69, 9.17) is 4.74 Å². The van der Waals surface area contributed by atoms with E-state index in [0.29, 0.717) is 18.8 Å². The zero-order chi connectivity index (χ0) is 14.9. The van der Waals surface area contributed by atoms with E-state index in [1.54, 1.807) is 4.90 Å². The van der Waals surface area contributed by atoms with Crippen molar-refractivity contribution in [3.8, 4) is 5.75 Å². The number of methoxy groups -OCH3 is 1. The summed E-state index contributed by atoms with van der Waals surface area (Å²) < 4.78 is 30.4. The zero-order valence-electron chi connectivity index (χ0n) is 11.8. The maximum Gasteiger partial charge on any atom is 0.257 e. The topological polar surface area (TPSA) is 46.6 Å². The van der Waals surface area contributed by atoms with Crippen LogP contribution in [0.4, 0.5) is 4.39 Å². The summed E-state index contributed by atoms with van der Waals surface area (Å²) in [6, 6.07) is 3.88. The Morgan fingerprint density at radius 3 is 2.50 bits per heavy atom. The largest absolute Gasteiger partial charge is 0.496 e. The Morgan fingerprint density at radius 2 is 1.95 bits per heavy atom. The molecule has 1 saturated heterocycles. The highest BCUT2D eigenvalue weighted by Crippen LogP contribution is 2.24. The van der Waals surface area contributed by atoms with Crippen molar-refractivity contribution < 1.29 is 18.1 Å². The number of halogens is 1. The maximum absolute atomic E-state index is 13.4. The van der Waals surface area contributed by atoms with Crippen LogP contribution in [0, 0.1) is 5.82 Å². The van der Waals surface area contributed by atoms with E-state index in [9.17, 15) is 13.4 Å². The third-order valence-corrected chi connectivity index (χ3v) is 5.31. The van der Waals surface area contributed by atoms with Crippen molar-refractivity contribution in [3.05, 3.63) is 29.6 Å². The van der Waals surface area contributed by atoms with Crippen molar-refractivity contribution >= 4 is 16.7 Å². The van der Waals surface area contributed by atoms with Gasteiger partial charge in [0.25, 0.3) is 5.91 Å². The van der Waals surface area contributed by atoms with E-state index < -0.39 is 16.6 Å². The molecule has 0 aliphatic carbocycles. The van der Waals surface area contributed by atoms with Gasteiger partial charge in [-0.3, -0.25) is 9.00 Å². The molecular weight excluding hydrogens is 281 g/mol. The van der Waals surface area contributed by atoms with E-state index in [0.717, 1.165) is 0 Å². The summed E-state index contributed by atoms with van der Waals surface area (Å²) in [5.74, 6) is -0.406. The van der Waals surface area contributed by atoms with Gasteiger partial charge in [-0.25, -0.2) is 4.39 Å². The summed E-state index contributed by atoms with van der Waals surface area (Å²) in [4.78, 5) is 14.1. The average Bonchev–Trinajstić information content (AvgIpc) is 2.43. The fourth-order valence-electron chi connectivity index (χ4n) is 2.42. The van der Waals surface area contributed by atoms with Crippen LogP contribution >= 0.6 is 0 Å². The minimum Gasteiger partial charge on any atom is -0.496 e. The van der Waals surface area contributed by atoms with Crippen LogP contribution in [0.3, 0.4) is 0 Å². The second-order valence-electron chi connectivity index (χ2n) is 5.00. The molecular formula is C14H18FNO3S. The fourth-order valence-corrected chi connectivity index (χ4v) is 3.87. The lowest BCUT2D eigenvalue weighted by Gasteiger charge is -2.34. The fraction of sp³-hybridized carbons (Fsp3) is 0.500. The molecule has 1 aromatic carbocycles. The molecule has 2 atom stereocenters. The third kappa shape index (κ3) is 2.85. The number of nitrogens with zero attached hydrogens (tertiary/aromatic N) is 1. The second-order valence-corrected chi connectivity index (χ2v) is 7.27. The highest BCUT2D eigenvalue weighted by Gasteiger charge is 2.32. The van der Waals surface area contributed by atoms with Crippen LogP contribution < -0.4 is 4.74 Å². The summed E-state index contributed by atoms with van der Waals surface area (Å²) in [6.45, 7) is 4.54. The standard InChI is InChI=1S/C14H18FNO3S/c1-9-7-16(8-10(2)20(9)18)14(17)12-6-11(15)4-5-13(12)19-3/h4-6,9-10H,7-8H2,1-3H3/t9-,10-/m1/s1. The summed E-state index contributed by atoms with van der Waals surface area (Å²) in [6.07, 6.45) is 0. The first-order chi connectivity index (χ1) is 9.43. The molecule has 6 heteroatoms. The summed E-state index contributed by atoms with van der Waals surface area (Å²) in [5, 5.41) is -0.162. The van der Waals surface area contributed by atoms with Gasteiger partial charge in [-0.15, -0.1) is 0 Å². The van der Waals surface area contributed by atoms with Gasteiger partial charge in [0, 0.05) is 34.4 Å². The SMILES string of the molecule is COc1ccc(F)cc1C(=O)N1C[C@@H](C)S(=O)[C@H](C)C1. The normalized spacial score (nSPS) is 23.7. The van der Waals surface area contributed by atoms with Crippen LogP contribution in [-0.2, 0) is 10.8 Å². The van der Waals surface area contributed by atoms with Crippen LogP contribution in [0.25, 0.3) is 0 Å². The van der Waals surface area contributed by atoms with Crippen LogP contribution in [0.15, 0.2) is 18.2 Å². The molecule has 1 aliphatic heterocycles. The molecule has 0 saturated carbocycles. The quantitative estimate of drug-likeness (QED) is 0.837. The third-order valence-electron chi connectivity index (χ3n) is 3.43. The van der Waals surface area contributed by atoms with Gasteiger partial charge in [0.05, 0.1) is 12.7 Å². The molecule has 0 spiro atoms. The average molecular weight is 299 g/mol. The highest BCUT2D eigenvalue weighted by molar-refractivity contribution is 7.86. The molecule has 0 N–H and O–H groups in total. The summed E-state index contributed by atoms with van der Waals surface area (Å²) in [7, 11) is 0.511. The Bertz CT molecular complexity index is 535. The van der Waals surface area contributed by atoms with Gasteiger partial charge in [0.2, 0.25) is 0 Å². The first kappa shape index (κ1) is 15.0. The van der Waals surface area contributed by atoms with Gasteiger partial charge in [-0.05, 0) is 32.0 Å². The first-order valence-electron chi connectivity index (χ1n) is 6.46. The van der Waals surface area contributed by atoms with E-state index in [1.807, 2.05) is 13.8 Å². The Balaban J connectivity index is 2.28. The molecule has 1 fully saturated rings. The summed E-state index contributed by atoms with van der Waals surface area (Å²) in [5.41, 5.74) is 0.208. The molecule has 1 aromatic rings. The van der Waals surface area contributed by atoms with Gasteiger partial charge in [-0.2, -0.15) is 0 Å². The number of carbonyl (C=O) groups excluding carboxylic acids is 1. The highest BCUT2D eigenvalue weighted by atomic mass is 32.2. The van der Waals surface area contributed by atoms with Gasteiger partial charge < -0.3 is 9.64 Å². The number of amides is 1. The molecule has 4 nitrogen and oxygen atoms in total. The smallest absolute Gasteiger partial charge is 0.257 e. The molecule has 2 rings (SSSR count). The molecule has 0 radical (unpaired) electrons. The predicted octanol–water partition coefficient (Wildman–Crippen LogP) is 1.82. The van der Waals surface area contributed by atoms with Crippen LogP contribution in [-0.4, -0.2) is 45.7 Å². The molecule has 110 valence electrons. The number of rotatable bonds is 2. The number of hydrogen-bond donors (Lipinski definition) is 0. The predicted molar refractivity (Wildman–Crippen MR) is 75.9 cm³/mol. The molecule has 1 aliphatic rings. The molecule has 0 aromatic heterocycles. The van der Waals surface area contributed by atoms with Crippen molar-refractivity contribution in [2.45, 2.75) is 24.3 Å². The molecule has 0 unspecified atom stereocenters. The van der Waals surface area contributed by atoms with Crippen molar-refractivity contribution in [1.29, 1.82) is 0 Å². The van der Waals surface area contributed by atoms with E-state index in [1.165, 1.54) is 25.3 Å². The van der Waals surface area contributed by atoms with Crippen molar-refractivity contribution in [2.75, 3.05) is 20.2 Å². The molecule has 1 amide bonds. The van der Waals surface area contributed by atoms with Gasteiger partial charge in [-0.1, -0.05) is 0 Å². The van der Waals surface area contributed by atoms with Gasteiger partial charge >= 0.3 is 0 Å². The lowest BCUT2D eigenvalue weighted by Crippen LogP contribution is -2.49. The Kier molecular flexibility index (Phi) is 4.42. The monoisotopic (exact) mass is 299 g/mol. The number of carbonyl (C=O) groups is 1. The molecule has 0 bridgehead atoms. The lowest BCUT2D eigenvalue weighted by atomic mass is 10.1. The van der Waals surface area contributed by atoms with Crippen molar-refractivity contribution in [1.82, 2.24) is 4.90 Å². The van der Waals surface area contributed by atoms with Crippen LogP contribution in [0.1, 0.15) is 24.2 Å². The van der Waals surface area contributed by atoms with Crippen LogP contribution in [0.5, 0.6) is 5.75 Å². The summed E-state index contributed by atoms with van der Waals surface area (Å²) >= 11 is 0. The minimum absolute atomic E-state index is 0.0812. The first-order valence-corrected chi connectivity index (χ1v) is 7.73. The Morgan fingerprint density at radius 1 is 1.35 bits per heavy atom. The Labute approximate surface area is 120 Å². The van der Waals surface area contributed by atoms with Gasteiger partial charge in [0.1, 0.15) is 11.6 Å². The number of hydrogen-bond acceptors (Lipinski definition) is 3. The van der Waals surface area contributed by atoms with E-state index >= 15 is 0 Å². The van der Waals surface area contributed by atoms with Crippen molar-refractivity contribution in [3.63, 3.8) is 0 Å². The maximum atomic E-state index is 13.4. The van der Waals surface area contributed by atoms with Gasteiger partial charge in [0.15, 0.2) is 0 Å². The van der Waals surface area contributed by atoms with E-state index in [-0.39, 0.29) is 22.0 Å². The van der Waals surface area contributed by atoms with E-state index in [2.05, 4.69) is 0 Å². The Hall–Kier alpha value is -1.43. The lowest BCUT2D eigenvalue weighted by molar-refractivity contribution is 0.0747.